The van der Waals surface area contributed by atoms with Crippen molar-refractivity contribution in [3.63, 3.8) is 0 Å². The maximum Gasteiger partial charge on any atom is 0.326 e. The van der Waals surface area contributed by atoms with Gasteiger partial charge in [-0.15, -0.1) is 0 Å². The summed E-state index contributed by atoms with van der Waals surface area (Å²) in [6.07, 6.45) is 0.264. The molecule has 2 N–H and O–H groups in total. The van der Waals surface area contributed by atoms with Gasteiger partial charge in [0.2, 0.25) is 5.91 Å². The Kier molecular flexibility index (Phi) is 5.30. The standard InChI is InChI=1S/C9H14N2O3/c1-6(2)8(12)11-7(9(13)14)4-3-5-10/h6-7H,3-4H2,1-2H3,(H,11,12)(H,13,14)/t7-/m1/s1. The van der Waals surface area contributed by atoms with Crippen LogP contribution in [-0.2, 0) is 9.59 Å². The average Bonchev–Trinajstić information content (AvgIpc) is 2.10. The maximum atomic E-state index is 11.2. The molecule has 0 radical (unpaired) electrons. The van der Waals surface area contributed by atoms with E-state index in [0.717, 1.165) is 0 Å². The average molecular weight is 198 g/mol. The summed E-state index contributed by atoms with van der Waals surface area (Å²) in [7, 11) is 0. The van der Waals surface area contributed by atoms with Crippen molar-refractivity contribution in [3.05, 3.63) is 0 Å². The SMILES string of the molecule is CC(C)C(=O)N[C@H](CCC#N)C(=O)O. The zero-order valence-corrected chi connectivity index (χ0v) is 8.28. The van der Waals surface area contributed by atoms with Gasteiger partial charge in [-0.2, -0.15) is 5.26 Å². The third-order valence-electron chi connectivity index (χ3n) is 1.68. The molecule has 0 heterocycles. The zero-order valence-electron chi connectivity index (χ0n) is 8.28. The summed E-state index contributed by atoms with van der Waals surface area (Å²) in [6, 6.07) is 0.887. The summed E-state index contributed by atoms with van der Waals surface area (Å²) in [5, 5.41) is 19.4. The van der Waals surface area contributed by atoms with Gasteiger partial charge in [0.25, 0.3) is 0 Å². The van der Waals surface area contributed by atoms with Crippen molar-refractivity contribution in [3.8, 4) is 6.07 Å². The van der Waals surface area contributed by atoms with Crippen molar-refractivity contribution in [2.45, 2.75) is 32.7 Å². The van der Waals surface area contributed by atoms with E-state index < -0.39 is 12.0 Å². The van der Waals surface area contributed by atoms with Crippen LogP contribution in [-0.4, -0.2) is 23.0 Å². The maximum absolute atomic E-state index is 11.2. The first-order valence-corrected chi connectivity index (χ1v) is 4.39. The highest BCUT2D eigenvalue weighted by Gasteiger charge is 2.20. The monoisotopic (exact) mass is 198 g/mol. The molecule has 0 unspecified atom stereocenters. The lowest BCUT2D eigenvalue weighted by Gasteiger charge is -2.14. The van der Waals surface area contributed by atoms with Crippen LogP contribution in [0.3, 0.4) is 0 Å². The Bertz CT molecular complexity index is 255. The highest BCUT2D eigenvalue weighted by molar-refractivity contribution is 5.84. The van der Waals surface area contributed by atoms with Gasteiger partial charge in [-0.05, 0) is 6.42 Å². The molecule has 14 heavy (non-hydrogen) atoms. The molecular weight excluding hydrogens is 184 g/mol. The smallest absolute Gasteiger partial charge is 0.326 e. The van der Waals surface area contributed by atoms with Crippen LogP contribution in [0.5, 0.6) is 0 Å². The van der Waals surface area contributed by atoms with Gasteiger partial charge in [-0.25, -0.2) is 4.79 Å². The molecule has 0 fully saturated rings. The van der Waals surface area contributed by atoms with E-state index in [9.17, 15) is 9.59 Å². The van der Waals surface area contributed by atoms with E-state index in [2.05, 4.69) is 5.32 Å². The molecule has 1 amide bonds. The van der Waals surface area contributed by atoms with E-state index in [4.69, 9.17) is 10.4 Å². The number of carboxylic acids is 1. The first-order chi connectivity index (χ1) is 6.49. The van der Waals surface area contributed by atoms with Crippen molar-refractivity contribution in [2.24, 2.45) is 5.92 Å². The molecule has 0 aliphatic carbocycles. The van der Waals surface area contributed by atoms with Crippen LogP contribution in [0.15, 0.2) is 0 Å². The summed E-state index contributed by atoms with van der Waals surface area (Å²) < 4.78 is 0. The van der Waals surface area contributed by atoms with Gasteiger partial charge in [0.05, 0.1) is 6.07 Å². The second-order valence-electron chi connectivity index (χ2n) is 3.25. The van der Waals surface area contributed by atoms with Crippen LogP contribution in [0.1, 0.15) is 26.7 Å². The lowest BCUT2D eigenvalue weighted by atomic mass is 10.1. The fourth-order valence-electron chi connectivity index (χ4n) is 0.805. The van der Waals surface area contributed by atoms with Gasteiger partial charge < -0.3 is 10.4 Å². The number of carbonyl (C=O) groups excluding carboxylic acids is 1. The lowest BCUT2D eigenvalue weighted by molar-refractivity contribution is -0.142. The molecule has 0 spiro atoms. The quantitative estimate of drug-likeness (QED) is 0.673. The highest BCUT2D eigenvalue weighted by Crippen LogP contribution is 1.99. The molecule has 0 bridgehead atoms. The van der Waals surface area contributed by atoms with Crippen molar-refractivity contribution >= 4 is 11.9 Å². The molecule has 0 aromatic rings. The molecule has 0 aliphatic rings. The Hall–Kier alpha value is -1.57. The fourth-order valence-corrected chi connectivity index (χ4v) is 0.805. The summed E-state index contributed by atoms with van der Waals surface area (Å²) in [5.74, 6) is -1.66. The number of carboxylic acid groups (broad SMARTS) is 1. The zero-order chi connectivity index (χ0) is 11.1. The number of nitrogens with zero attached hydrogens (tertiary/aromatic N) is 1. The molecule has 0 aromatic heterocycles. The second kappa shape index (κ2) is 5.97. The van der Waals surface area contributed by atoms with E-state index in [0.29, 0.717) is 0 Å². The molecule has 0 rings (SSSR count). The van der Waals surface area contributed by atoms with Crippen LogP contribution in [0, 0.1) is 17.2 Å². The topological polar surface area (TPSA) is 90.2 Å². The predicted octanol–water partition coefficient (Wildman–Crippen LogP) is 0.516. The molecule has 5 nitrogen and oxygen atoms in total. The lowest BCUT2D eigenvalue weighted by Crippen LogP contribution is -2.42. The van der Waals surface area contributed by atoms with Crippen molar-refractivity contribution < 1.29 is 14.7 Å². The van der Waals surface area contributed by atoms with E-state index >= 15 is 0 Å². The van der Waals surface area contributed by atoms with Gasteiger partial charge in [-0.3, -0.25) is 4.79 Å². The van der Waals surface area contributed by atoms with Crippen LogP contribution in [0.2, 0.25) is 0 Å². The Morgan fingerprint density at radius 2 is 2.07 bits per heavy atom. The summed E-state index contributed by atoms with van der Waals surface area (Å²) in [4.78, 5) is 21.8. The minimum Gasteiger partial charge on any atom is -0.480 e. The number of amides is 1. The third kappa shape index (κ3) is 4.45. The molecule has 78 valence electrons. The van der Waals surface area contributed by atoms with Gasteiger partial charge in [-0.1, -0.05) is 13.8 Å². The van der Waals surface area contributed by atoms with Crippen molar-refractivity contribution in [2.75, 3.05) is 0 Å². The normalized spacial score (nSPS) is 11.9. The third-order valence-corrected chi connectivity index (χ3v) is 1.68. The molecule has 0 saturated carbocycles. The number of hydrogen-bond donors (Lipinski definition) is 2. The van der Waals surface area contributed by atoms with E-state index in [1.165, 1.54) is 0 Å². The van der Waals surface area contributed by atoms with E-state index in [1.807, 2.05) is 6.07 Å². The number of nitriles is 1. The Morgan fingerprint density at radius 3 is 2.43 bits per heavy atom. The fraction of sp³-hybridized carbons (Fsp3) is 0.667. The summed E-state index contributed by atoms with van der Waals surface area (Å²) >= 11 is 0. The van der Waals surface area contributed by atoms with Crippen LogP contribution < -0.4 is 5.32 Å². The second-order valence-corrected chi connectivity index (χ2v) is 3.25. The van der Waals surface area contributed by atoms with Crippen molar-refractivity contribution in [1.29, 1.82) is 5.26 Å². The first-order valence-electron chi connectivity index (χ1n) is 4.39. The van der Waals surface area contributed by atoms with Gasteiger partial charge >= 0.3 is 5.97 Å². The molecule has 0 saturated heterocycles. The Labute approximate surface area is 82.7 Å². The minimum atomic E-state index is -1.10. The molecule has 0 aliphatic heterocycles. The number of hydrogen-bond acceptors (Lipinski definition) is 3. The first kappa shape index (κ1) is 12.4. The number of aliphatic carboxylic acids is 1. The molecule has 5 heteroatoms. The number of carbonyl (C=O) groups is 2. The van der Waals surface area contributed by atoms with Crippen molar-refractivity contribution in [1.82, 2.24) is 5.32 Å². The molecule has 1 atom stereocenters. The largest absolute Gasteiger partial charge is 0.480 e. The van der Waals surface area contributed by atoms with E-state index in [1.54, 1.807) is 13.8 Å². The van der Waals surface area contributed by atoms with Crippen LogP contribution in [0.4, 0.5) is 0 Å². The molecular formula is C9H14N2O3. The Morgan fingerprint density at radius 1 is 1.50 bits per heavy atom. The van der Waals surface area contributed by atoms with Gasteiger partial charge in [0.15, 0.2) is 0 Å². The number of nitrogens with one attached hydrogen (secondary N) is 1. The predicted molar refractivity (Wildman–Crippen MR) is 49.3 cm³/mol. The summed E-state index contributed by atoms with van der Waals surface area (Å²) in [5.41, 5.74) is 0. The van der Waals surface area contributed by atoms with Gasteiger partial charge in [0.1, 0.15) is 6.04 Å². The van der Waals surface area contributed by atoms with Gasteiger partial charge in [0, 0.05) is 12.3 Å². The van der Waals surface area contributed by atoms with Crippen LogP contribution in [0.25, 0.3) is 0 Å². The highest BCUT2D eigenvalue weighted by atomic mass is 16.4. The van der Waals surface area contributed by atoms with E-state index in [-0.39, 0.29) is 24.7 Å². The number of rotatable bonds is 5. The Balaban J connectivity index is 4.17. The summed E-state index contributed by atoms with van der Waals surface area (Å²) in [6.45, 7) is 3.36. The van der Waals surface area contributed by atoms with Crippen LogP contribution >= 0.6 is 0 Å². The molecule has 0 aromatic carbocycles. The minimum absolute atomic E-state index is 0.120.